The van der Waals surface area contributed by atoms with Crippen LogP contribution in [0.5, 0.6) is 17.2 Å². The molecule has 0 aromatic heterocycles. The molecule has 0 heterocycles. The molecule has 10 nitrogen and oxygen atoms in total. The Labute approximate surface area is 285 Å². The molecule has 0 saturated carbocycles. The molecule has 0 radical (unpaired) electrons. The lowest BCUT2D eigenvalue weighted by Gasteiger charge is -2.34. The fraction of sp³-hybridized carbons (Fsp3) is 0.375. The molecule has 0 bridgehead atoms. The zero-order valence-electron chi connectivity index (χ0n) is 26.5. The van der Waals surface area contributed by atoms with Crippen molar-refractivity contribution in [2.75, 3.05) is 32.2 Å². The maximum atomic E-state index is 14.4. The van der Waals surface area contributed by atoms with E-state index >= 15 is 0 Å². The fourth-order valence-electron chi connectivity index (χ4n) is 4.67. The molecule has 1 N–H and O–H groups in total. The first-order chi connectivity index (χ1) is 21.8. The normalized spacial score (nSPS) is 12.5. The first-order valence-electron chi connectivity index (χ1n) is 14.4. The number of hydrogen-bond acceptors (Lipinski definition) is 7. The zero-order chi connectivity index (χ0) is 34.2. The second-order valence-electron chi connectivity index (χ2n) is 10.4. The lowest BCUT2D eigenvalue weighted by Crippen LogP contribution is -2.53. The average molecular weight is 715 g/mol. The molecule has 14 heteroatoms. The number of methoxy groups -OCH3 is 3. The van der Waals surface area contributed by atoms with Crippen LogP contribution in [0.15, 0.2) is 59.5 Å². The van der Waals surface area contributed by atoms with Gasteiger partial charge in [0.25, 0.3) is 10.0 Å². The van der Waals surface area contributed by atoms with Gasteiger partial charge in [0.05, 0.1) is 42.0 Å². The third-order valence-electron chi connectivity index (χ3n) is 7.36. The number of amides is 2. The quantitative estimate of drug-likeness (QED) is 0.189. The molecule has 0 saturated heterocycles. The van der Waals surface area contributed by atoms with E-state index in [0.717, 1.165) is 4.31 Å². The molecule has 0 spiro atoms. The van der Waals surface area contributed by atoms with Crippen molar-refractivity contribution in [2.24, 2.45) is 0 Å². The molecule has 3 aromatic carbocycles. The number of rotatable bonds is 15. The summed E-state index contributed by atoms with van der Waals surface area (Å²) in [5.74, 6) is -0.403. The summed E-state index contributed by atoms with van der Waals surface area (Å²) in [5.41, 5.74) is 0.608. The van der Waals surface area contributed by atoms with E-state index in [0.29, 0.717) is 22.8 Å². The first kappa shape index (κ1) is 37.1. The van der Waals surface area contributed by atoms with E-state index in [1.165, 1.54) is 62.6 Å². The van der Waals surface area contributed by atoms with Crippen LogP contribution in [0.4, 0.5) is 5.69 Å². The van der Waals surface area contributed by atoms with Crippen molar-refractivity contribution in [1.29, 1.82) is 0 Å². The Hall–Kier alpha value is -3.38. The molecule has 2 unspecified atom stereocenters. The van der Waals surface area contributed by atoms with Crippen LogP contribution in [0.2, 0.25) is 15.1 Å². The van der Waals surface area contributed by atoms with Gasteiger partial charge in [0, 0.05) is 23.7 Å². The highest BCUT2D eigenvalue weighted by atomic mass is 35.5. The maximum Gasteiger partial charge on any atom is 0.265 e. The van der Waals surface area contributed by atoms with Gasteiger partial charge in [0.15, 0.2) is 11.5 Å². The van der Waals surface area contributed by atoms with Crippen molar-refractivity contribution in [3.63, 3.8) is 0 Å². The van der Waals surface area contributed by atoms with Crippen LogP contribution in [0, 0.1) is 0 Å². The lowest BCUT2D eigenvalue weighted by atomic mass is 10.1. The molecule has 2 atom stereocenters. The molecule has 0 aliphatic carbocycles. The first-order valence-corrected chi connectivity index (χ1v) is 17.0. The standard InChI is InChI=1S/C32H38Cl3N3O7S/c1-7-20(3)36-32(40)26(8-2)37(18-21-9-12-24(34)25(35)15-21)31(39)19-38(27-16-22(33)10-13-28(27)43-4)46(41,42)23-11-14-29(44-5)30(17-23)45-6/h9-17,20,26H,7-8,18-19H2,1-6H3,(H,36,40). The van der Waals surface area contributed by atoms with E-state index in [4.69, 9.17) is 49.0 Å². The molecule has 46 heavy (non-hydrogen) atoms. The Bertz CT molecular complexity index is 1660. The number of benzene rings is 3. The topological polar surface area (TPSA) is 114 Å². The predicted octanol–water partition coefficient (Wildman–Crippen LogP) is 6.59. The Morgan fingerprint density at radius 1 is 0.826 bits per heavy atom. The van der Waals surface area contributed by atoms with Crippen molar-refractivity contribution >= 4 is 62.3 Å². The van der Waals surface area contributed by atoms with E-state index < -0.39 is 28.5 Å². The van der Waals surface area contributed by atoms with E-state index in [2.05, 4.69) is 5.32 Å². The highest BCUT2D eigenvalue weighted by Crippen LogP contribution is 2.37. The summed E-state index contributed by atoms with van der Waals surface area (Å²) in [7, 11) is -0.295. The van der Waals surface area contributed by atoms with Gasteiger partial charge in [-0.2, -0.15) is 0 Å². The minimum absolute atomic E-state index is 0.0183. The second kappa shape index (κ2) is 16.4. The third kappa shape index (κ3) is 8.70. The molecular formula is C32H38Cl3N3O7S. The number of sulfonamides is 1. The van der Waals surface area contributed by atoms with Crippen molar-refractivity contribution in [3.05, 3.63) is 75.2 Å². The van der Waals surface area contributed by atoms with Gasteiger partial charge in [0.1, 0.15) is 18.3 Å². The lowest BCUT2D eigenvalue weighted by molar-refractivity contribution is -0.140. The molecule has 3 aromatic rings. The fourth-order valence-corrected chi connectivity index (χ4v) is 6.59. The van der Waals surface area contributed by atoms with Crippen LogP contribution in [-0.4, -0.2) is 65.1 Å². The third-order valence-corrected chi connectivity index (χ3v) is 10.1. The highest BCUT2D eigenvalue weighted by Gasteiger charge is 2.35. The maximum absolute atomic E-state index is 14.4. The Kier molecular flexibility index (Phi) is 13.3. The summed E-state index contributed by atoms with van der Waals surface area (Å²) in [6.45, 7) is 4.80. The Balaban J connectivity index is 2.19. The largest absolute Gasteiger partial charge is 0.495 e. The summed E-state index contributed by atoms with van der Waals surface area (Å²) in [4.78, 5) is 29.1. The van der Waals surface area contributed by atoms with Crippen LogP contribution in [-0.2, 0) is 26.2 Å². The molecular weight excluding hydrogens is 677 g/mol. The minimum atomic E-state index is -4.48. The number of nitrogens with zero attached hydrogens (tertiary/aromatic N) is 2. The SMILES string of the molecule is CCC(C)NC(=O)C(CC)N(Cc1ccc(Cl)c(Cl)c1)C(=O)CN(c1cc(Cl)ccc1OC)S(=O)(=O)c1ccc(OC)c(OC)c1. The smallest absolute Gasteiger partial charge is 0.265 e. The molecule has 0 aliphatic heterocycles. The van der Waals surface area contributed by atoms with Gasteiger partial charge < -0.3 is 24.4 Å². The van der Waals surface area contributed by atoms with Gasteiger partial charge in [-0.15, -0.1) is 0 Å². The number of carbonyl (C=O) groups is 2. The summed E-state index contributed by atoms with van der Waals surface area (Å²) in [6.07, 6.45) is 0.924. The van der Waals surface area contributed by atoms with Gasteiger partial charge in [-0.3, -0.25) is 13.9 Å². The molecule has 3 rings (SSSR count). The number of carbonyl (C=O) groups excluding carboxylic acids is 2. The van der Waals surface area contributed by atoms with E-state index in [1.807, 2.05) is 13.8 Å². The summed E-state index contributed by atoms with van der Waals surface area (Å²) >= 11 is 18.7. The van der Waals surface area contributed by atoms with Crippen molar-refractivity contribution in [3.8, 4) is 17.2 Å². The van der Waals surface area contributed by atoms with Gasteiger partial charge in [0.2, 0.25) is 11.8 Å². The summed E-state index contributed by atoms with van der Waals surface area (Å²) in [5, 5.41) is 3.74. The van der Waals surface area contributed by atoms with Gasteiger partial charge >= 0.3 is 0 Å². The van der Waals surface area contributed by atoms with Crippen LogP contribution in [0.25, 0.3) is 0 Å². The average Bonchev–Trinajstić information content (AvgIpc) is 3.04. The van der Waals surface area contributed by atoms with E-state index in [1.54, 1.807) is 25.1 Å². The predicted molar refractivity (Wildman–Crippen MR) is 181 cm³/mol. The number of nitrogens with one attached hydrogen (secondary N) is 1. The second-order valence-corrected chi connectivity index (χ2v) is 13.5. The number of anilines is 1. The van der Waals surface area contributed by atoms with Crippen molar-refractivity contribution in [1.82, 2.24) is 10.2 Å². The Morgan fingerprint density at radius 2 is 1.48 bits per heavy atom. The van der Waals surface area contributed by atoms with E-state index in [9.17, 15) is 18.0 Å². The van der Waals surface area contributed by atoms with Crippen LogP contribution in [0.1, 0.15) is 39.2 Å². The van der Waals surface area contributed by atoms with Gasteiger partial charge in [-0.05, 0) is 67.8 Å². The summed E-state index contributed by atoms with van der Waals surface area (Å²) in [6, 6.07) is 12.3. The van der Waals surface area contributed by atoms with Crippen molar-refractivity contribution in [2.45, 2.75) is 57.1 Å². The molecule has 250 valence electrons. The Morgan fingerprint density at radius 3 is 2.07 bits per heavy atom. The highest BCUT2D eigenvalue weighted by molar-refractivity contribution is 7.92. The minimum Gasteiger partial charge on any atom is -0.495 e. The number of hydrogen-bond donors (Lipinski definition) is 1. The molecule has 2 amide bonds. The molecule has 0 aliphatic rings. The zero-order valence-corrected chi connectivity index (χ0v) is 29.6. The van der Waals surface area contributed by atoms with Crippen LogP contribution < -0.4 is 23.8 Å². The van der Waals surface area contributed by atoms with Crippen molar-refractivity contribution < 1.29 is 32.2 Å². The van der Waals surface area contributed by atoms with Gasteiger partial charge in [-0.25, -0.2) is 8.42 Å². The van der Waals surface area contributed by atoms with Crippen LogP contribution >= 0.6 is 34.8 Å². The van der Waals surface area contributed by atoms with Gasteiger partial charge in [-0.1, -0.05) is 54.7 Å². The number of halogens is 3. The number of ether oxygens (including phenoxy) is 3. The van der Waals surface area contributed by atoms with E-state index in [-0.39, 0.29) is 57.0 Å². The summed E-state index contributed by atoms with van der Waals surface area (Å²) < 4.78 is 45.8. The molecule has 0 fully saturated rings. The van der Waals surface area contributed by atoms with Crippen LogP contribution in [0.3, 0.4) is 0 Å². The monoisotopic (exact) mass is 713 g/mol.